The Balaban J connectivity index is 2.94. The van der Waals surface area contributed by atoms with Crippen molar-refractivity contribution >= 4 is 17.9 Å². The van der Waals surface area contributed by atoms with Crippen LogP contribution in [0.15, 0.2) is 23.8 Å². The van der Waals surface area contributed by atoms with Crippen molar-refractivity contribution in [3.8, 4) is 0 Å². The van der Waals surface area contributed by atoms with Crippen molar-refractivity contribution in [1.82, 2.24) is 0 Å². The minimum Gasteiger partial charge on any atom is -0.298 e. The Morgan fingerprint density at radius 1 is 1.73 bits per heavy atom. The Kier molecular flexibility index (Phi) is 2.19. The van der Waals surface area contributed by atoms with Crippen molar-refractivity contribution in [1.29, 1.82) is 0 Å². The number of hydrogen-bond acceptors (Lipinski definition) is 1. The predicted octanol–water partition coefficient (Wildman–Crippen LogP) is 2.32. The fourth-order valence-electron chi connectivity index (χ4n) is 1.10. The van der Waals surface area contributed by atoms with E-state index in [1.54, 1.807) is 0 Å². The molecule has 0 aromatic carbocycles. The van der Waals surface area contributed by atoms with E-state index < -0.39 is 4.87 Å². The second-order valence-corrected chi connectivity index (χ2v) is 3.83. The molecule has 1 aliphatic rings. The first kappa shape index (κ1) is 8.54. The molecule has 0 saturated carbocycles. The summed E-state index contributed by atoms with van der Waals surface area (Å²) in [6, 6.07) is 0. The zero-order valence-electron chi connectivity index (χ0n) is 6.67. The summed E-state index contributed by atoms with van der Waals surface area (Å²) in [5.74, 6) is 0.103. The quantitative estimate of drug-likeness (QED) is 0.436. The normalized spacial score (nSPS) is 36.6. The summed E-state index contributed by atoms with van der Waals surface area (Å²) < 4.78 is 0. The SMILES string of the molecule is CC1C(C=O)=CC=CC1(C)Cl. The second kappa shape index (κ2) is 2.82. The van der Waals surface area contributed by atoms with Crippen LogP contribution >= 0.6 is 11.6 Å². The van der Waals surface area contributed by atoms with E-state index >= 15 is 0 Å². The molecule has 2 heteroatoms. The maximum atomic E-state index is 10.5. The molecule has 0 N–H and O–H groups in total. The van der Waals surface area contributed by atoms with Crippen LogP contribution in [0.3, 0.4) is 0 Å². The van der Waals surface area contributed by atoms with E-state index in [1.807, 2.05) is 32.1 Å². The molecule has 0 aromatic rings. The molecule has 60 valence electrons. The van der Waals surface area contributed by atoms with Crippen molar-refractivity contribution in [2.45, 2.75) is 18.7 Å². The first-order valence-electron chi connectivity index (χ1n) is 3.61. The van der Waals surface area contributed by atoms with Gasteiger partial charge >= 0.3 is 0 Å². The number of hydrogen-bond donors (Lipinski definition) is 0. The van der Waals surface area contributed by atoms with Crippen LogP contribution < -0.4 is 0 Å². The number of carbonyl (C=O) groups excluding carboxylic acids is 1. The highest BCUT2D eigenvalue weighted by atomic mass is 35.5. The van der Waals surface area contributed by atoms with Crippen LogP contribution in [0.25, 0.3) is 0 Å². The first-order chi connectivity index (χ1) is 5.08. The minimum atomic E-state index is -0.398. The van der Waals surface area contributed by atoms with E-state index in [4.69, 9.17) is 11.6 Å². The topological polar surface area (TPSA) is 17.1 Å². The van der Waals surface area contributed by atoms with Crippen LogP contribution in [-0.4, -0.2) is 11.2 Å². The Bertz CT molecular complexity index is 226. The van der Waals surface area contributed by atoms with E-state index in [-0.39, 0.29) is 5.92 Å². The van der Waals surface area contributed by atoms with Crippen LogP contribution in [0.5, 0.6) is 0 Å². The molecular weight excluding hydrogens is 160 g/mol. The van der Waals surface area contributed by atoms with E-state index in [0.29, 0.717) is 0 Å². The van der Waals surface area contributed by atoms with Gasteiger partial charge in [0.25, 0.3) is 0 Å². The van der Waals surface area contributed by atoms with Crippen molar-refractivity contribution < 1.29 is 4.79 Å². The zero-order chi connectivity index (χ0) is 8.48. The molecule has 1 rings (SSSR count). The number of carbonyl (C=O) groups is 1. The van der Waals surface area contributed by atoms with Crippen molar-refractivity contribution in [2.24, 2.45) is 5.92 Å². The molecule has 0 radical (unpaired) electrons. The summed E-state index contributed by atoms with van der Waals surface area (Å²) in [6.07, 6.45) is 6.42. The summed E-state index contributed by atoms with van der Waals surface area (Å²) in [4.78, 5) is 10.1. The highest BCUT2D eigenvalue weighted by molar-refractivity contribution is 6.25. The highest BCUT2D eigenvalue weighted by Crippen LogP contribution is 2.33. The van der Waals surface area contributed by atoms with E-state index in [2.05, 4.69) is 0 Å². The third kappa shape index (κ3) is 1.54. The molecule has 0 fully saturated rings. The molecular formula is C9H11ClO. The molecule has 1 aliphatic carbocycles. The number of halogens is 1. The fourth-order valence-corrected chi connectivity index (χ4v) is 1.30. The summed E-state index contributed by atoms with van der Waals surface area (Å²) in [5, 5.41) is 0. The van der Waals surface area contributed by atoms with Gasteiger partial charge in [0.05, 0.1) is 4.87 Å². The molecule has 0 aliphatic heterocycles. The van der Waals surface area contributed by atoms with Gasteiger partial charge < -0.3 is 0 Å². The van der Waals surface area contributed by atoms with E-state index in [1.165, 1.54) is 0 Å². The Morgan fingerprint density at radius 2 is 2.36 bits per heavy atom. The van der Waals surface area contributed by atoms with Gasteiger partial charge in [-0.25, -0.2) is 0 Å². The van der Waals surface area contributed by atoms with Gasteiger partial charge in [0.15, 0.2) is 0 Å². The molecule has 1 nitrogen and oxygen atoms in total. The van der Waals surface area contributed by atoms with Crippen molar-refractivity contribution in [2.75, 3.05) is 0 Å². The molecule has 2 atom stereocenters. The first-order valence-corrected chi connectivity index (χ1v) is 3.99. The van der Waals surface area contributed by atoms with Gasteiger partial charge in [-0.3, -0.25) is 4.79 Å². The standard InChI is InChI=1S/C9H11ClO/c1-7-8(6-11)4-3-5-9(7,2)10/h3-7H,1-2H3. The zero-order valence-corrected chi connectivity index (χ0v) is 7.43. The average Bonchev–Trinajstić information content (AvgIpc) is 1.95. The maximum Gasteiger partial charge on any atom is 0.146 e. The van der Waals surface area contributed by atoms with Gasteiger partial charge in [-0.2, -0.15) is 0 Å². The third-order valence-corrected chi connectivity index (χ3v) is 2.65. The molecule has 0 heterocycles. The van der Waals surface area contributed by atoms with E-state index in [0.717, 1.165) is 11.9 Å². The van der Waals surface area contributed by atoms with Crippen LogP contribution in [-0.2, 0) is 4.79 Å². The van der Waals surface area contributed by atoms with Crippen LogP contribution in [0, 0.1) is 5.92 Å². The molecule has 0 aromatic heterocycles. The van der Waals surface area contributed by atoms with Gasteiger partial charge in [-0.1, -0.05) is 25.2 Å². The van der Waals surface area contributed by atoms with E-state index in [9.17, 15) is 4.79 Å². The smallest absolute Gasteiger partial charge is 0.146 e. The van der Waals surface area contributed by atoms with Crippen LogP contribution in [0.4, 0.5) is 0 Å². The largest absolute Gasteiger partial charge is 0.298 e. The molecule has 11 heavy (non-hydrogen) atoms. The average molecular weight is 171 g/mol. The molecule has 0 bridgehead atoms. The van der Waals surface area contributed by atoms with Gasteiger partial charge in [-0.05, 0) is 12.5 Å². The number of alkyl halides is 1. The van der Waals surface area contributed by atoms with Gasteiger partial charge in [-0.15, -0.1) is 11.6 Å². The Morgan fingerprint density at radius 3 is 2.82 bits per heavy atom. The van der Waals surface area contributed by atoms with Crippen LogP contribution in [0.1, 0.15) is 13.8 Å². The predicted molar refractivity (Wildman–Crippen MR) is 46.7 cm³/mol. The molecule has 2 unspecified atom stereocenters. The fraction of sp³-hybridized carbons (Fsp3) is 0.444. The Labute approximate surface area is 71.7 Å². The van der Waals surface area contributed by atoms with Crippen molar-refractivity contribution in [3.05, 3.63) is 23.8 Å². The summed E-state index contributed by atoms with van der Waals surface area (Å²) in [5.41, 5.74) is 0.769. The van der Waals surface area contributed by atoms with Crippen LogP contribution in [0.2, 0.25) is 0 Å². The van der Waals surface area contributed by atoms with Gasteiger partial charge in [0.2, 0.25) is 0 Å². The summed E-state index contributed by atoms with van der Waals surface area (Å²) in [7, 11) is 0. The van der Waals surface area contributed by atoms with Gasteiger partial charge in [0.1, 0.15) is 6.29 Å². The highest BCUT2D eigenvalue weighted by Gasteiger charge is 2.29. The lowest BCUT2D eigenvalue weighted by molar-refractivity contribution is -0.105. The maximum absolute atomic E-state index is 10.5. The van der Waals surface area contributed by atoms with Crippen molar-refractivity contribution in [3.63, 3.8) is 0 Å². The lowest BCUT2D eigenvalue weighted by Gasteiger charge is -2.28. The molecule has 0 saturated heterocycles. The lowest BCUT2D eigenvalue weighted by atomic mass is 9.85. The summed E-state index contributed by atoms with van der Waals surface area (Å²) >= 11 is 6.11. The number of allylic oxidation sites excluding steroid dienone is 4. The lowest BCUT2D eigenvalue weighted by Crippen LogP contribution is -2.27. The van der Waals surface area contributed by atoms with Gasteiger partial charge in [0, 0.05) is 5.92 Å². The monoisotopic (exact) mass is 170 g/mol. The summed E-state index contributed by atoms with van der Waals surface area (Å²) in [6.45, 7) is 3.86. The molecule has 0 spiro atoms. The second-order valence-electron chi connectivity index (χ2n) is 3.02. The third-order valence-electron chi connectivity index (χ3n) is 2.19. The number of rotatable bonds is 1. The number of aldehydes is 1. The molecule has 0 amide bonds. The Hall–Kier alpha value is -0.560. The minimum absolute atomic E-state index is 0.103.